The first-order chi connectivity index (χ1) is 20.4. The van der Waals surface area contributed by atoms with Crippen molar-refractivity contribution in [3.05, 3.63) is 123 Å². The van der Waals surface area contributed by atoms with Gasteiger partial charge in [0.2, 0.25) is 5.43 Å². The van der Waals surface area contributed by atoms with Gasteiger partial charge in [-0.2, -0.15) is 0 Å². The lowest BCUT2D eigenvalue weighted by Crippen LogP contribution is -2.31. The first-order valence-electron chi connectivity index (χ1n) is 14.0. The first-order valence-corrected chi connectivity index (χ1v) is 14.9. The molecule has 8 heteroatoms. The number of pyridine rings is 1. The van der Waals surface area contributed by atoms with Crippen molar-refractivity contribution in [1.82, 2.24) is 9.47 Å². The van der Waals surface area contributed by atoms with Crippen LogP contribution < -0.4 is 14.9 Å². The summed E-state index contributed by atoms with van der Waals surface area (Å²) in [5.41, 5.74) is 3.68. The van der Waals surface area contributed by atoms with Gasteiger partial charge in [0.1, 0.15) is 17.1 Å². The Hall–Kier alpha value is -4.01. The maximum Gasteiger partial charge on any atom is 0.343 e. The lowest BCUT2D eigenvalue weighted by Gasteiger charge is -2.26. The number of para-hydroxylation sites is 1. The van der Waals surface area contributed by atoms with Crippen LogP contribution in [0.5, 0.6) is 11.5 Å². The fraction of sp³-hybridized carbons (Fsp3) is 0.294. The van der Waals surface area contributed by atoms with Crippen LogP contribution in [-0.2, 0) is 17.8 Å². The number of ether oxygens (including phenoxy) is 3. The van der Waals surface area contributed by atoms with Gasteiger partial charge in [0.15, 0.2) is 0 Å². The Morgan fingerprint density at radius 3 is 2.36 bits per heavy atom. The molecule has 1 aliphatic heterocycles. The van der Waals surface area contributed by atoms with Crippen LogP contribution in [0.3, 0.4) is 0 Å². The molecule has 0 amide bonds. The minimum Gasteiger partial charge on any atom is -0.497 e. The normalized spacial score (nSPS) is 15.8. The van der Waals surface area contributed by atoms with Crippen molar-refractivity contribution in [2.24, 2.45) is 0 Å². The minimum atomic E-state index is -0.603. The topological polar surface area (TPSA) is 70.0 Å². The van der Waals surface area contributed by atoms with Crippen molar-refractivity contribution in [2.75, 3.05) is 34.4 Å². The summed E-state index contributed by atoms with van der Waals surface area (Å²) < 4.78 is 18.4. The Balaban J connectivity index is 1.63. The molecule has 1 aliphatic rings. The smallest absolute Gasteiger partial charge is 0.343 e. The van der Waals surface area contributed by atoms with Gasteiger partial charge in [-0.1, -0.05) is 72.4 Å². The quantitative estimate of drug-likeness (QED) is 0.196. The van der Waals surface area contributed by atoms with E-state index in [0.717, 1.165) is 34.2 Å². The van der Waals surface area contributed by atoms with Gasteiger partial charge < -0.3 is 23.7 Å². The minimum absolute atomic E-state index is 0.0433. The van der Waals surface area contributed by atoms with Crippen molar-refractivity contribution < 1.29 is 19.0 Å². The van der Waals surface area contributed by atoms with E-state index in [1.165, 1.54) is 5.56 Å². The van der Waals surface area contributed by atoms with Crippen LogP contribution >= 0.6 is 11.8 Å². The molecule has 218 valence electrons. The third kappa shape index (κ3) is 6.25. The summed E-state index contributed by atoms with van der Waals surface area (Å²) in [6, 6.07) is 26.1. The summed E-state index contributed by atoms with van der Waals surface area (Å²) in [5, 5.41) is 0.816. The Bertz CT molecular complexity index is 1590. The van der Waals surface area contributed by atoms with Gasteiger partial charge in [-0.25, -0.2) is 4.79 Å². The highest BCUT2D eigenvalue weighted by atomic mass is 32.2. The molecule has 2 unspecified atom stereocenters. The number of likely N-dealkylation sites (N-methyl/N-ethyl adjacent to an activating group) is 1. The predicted molar refractivity (Wildman–Crippen MR) is 166 cm³/mol. The van der Waals surface area contributed by atoms with Crippen molar-refractivity contribution in [2.45, 2.75) is 36.2 Å². The van der Waals surface area contributed by atoms with Crippen molar-refractivity contribution in [3.63, 3.8) is 0 Å². The molecule has 5 rings (SSSR count). The fourth-order valence-electron chi connectivity index (χ4n) is 5.55. The van der Waals surface area contributed by atoms with Gasteiger partial charge in [-0.3, -0.25) is 4.79 Å². The zero-order valence-corrected chi connectivity index (χ0v) is 25.2. The summed E-state index contributed by atoms with van der Waals surface area (Å²) in [7, 11) is 5.37. The van der Waals surface area contributed by atoms with Crippen LogP contribution in [0.4, 0.5) is 0 Å². The molecule has 0 radical (unpaired) electrons. The monoisotopic (exact) mass is 584 g/mol. The van der Waals surface area contributed by atoms with E-state index in [4.69, 9.17) is 14.2 Å². The number of fused-ring (bicyclic) bond motifs is 1. The standard InChI is InChI=1S/C34H36N2O5S/c1-5-41-34(38)28-22-36(20-25-13-9-10-14-29(25)40-4)33-30(31(28)37)27(21-35(2)19-23-11-7-6-8-12-23)32(42-33)24-15-17-26(39-3)18-16-24/h6-18,22,27,32H,5,19-21H2,1-4H3. The Morgan fingerprint density at radius 1 is 0.952 bits per heavy atom. The molecule has 0 bridgehead atoms. The van der Waals surface area contributed by atoms with Crippen LogP contribution in [-0.4, -0.2) is 49.9 Å². The van der Waals surface area contributed by atoms with E-state index >= 15 is 0 Å². The maximum absolute atomic E-state index is 14.1. The highest BCUT2D eigenvalue weighted by molar-refractivity contribution is 7.99. The summed E-state index contributed by atoms with van der Waals surface area (Å²) in [5.74, 6) is 0.750. The van der Waals surface area contributed by atoms with Crippen molar-refractivity contribution in [1.29, 1.82) is 0 Å². The lowest BCUT2D eigenvalue weighted by atomic mass is 9.90. The number of rotatable bonds is 11. The largest absolute Gasteiger partial charge is 0.497 e. The molecule has 4 aromatic rings. The van der Waals surface area contributed by atoms with Crippen molar-refractivity contribution in [3.8, 4) is 11.5 Å². The zero-order valence-electron chi connectivity index (χ0n) is 24.4. The van der Waals surface area contributed by atoms with Crippen molar-refractivity contribution >= 4 is 17.7 Å². The van der Waals surface area contributed by atoms with E-state index < -0.39 is 5.97 Å². The number of carbonyl (C=O) groups is 1. The highest BCUT2D eigenvalue weighted by Gasteiger charge is 2.40. The first kappa shape index (κ1) is 29.5. The third-order valence-electron chi connectivity index (χ3n) is 7.52. The number of esters is 1. The van der Waals surface area contributed by atoms with Gasteiger partial charge in [0.25, 0.3) is 0 Å². The molecule has 0 saturated heterocycles. The summed E-state index contributed by atoms with van der Waals surface area (Å²) in [6.07, 6.45) is 1.65. The molecule has 0 saturated carbocycles. The SMILES string of the molecule is CCOC(=O)c1cn(Cc2ccccc2OC)c2c(c1=O)C(CN(C)Cc1ccccc1)C(c1ccc(OC)cc1)S2. The van der Waals surface area contributed by atoms with E-state index in [9.17, 15) is 9.59 Å². The molecule has 2 heterocycles. The van der Waals surface area contributed by atoms with E-state index in [-0.39, 0.29) is 28.8 Å². The van der Waals surface area contributed by atoms with Gasteiger partial charge in [-0.05, 0) is 43.3 Å². The average molecular weight is 585 g/mol. The molecule has 2 atom stereocenters. The maximum atomic E-state index is 14.1. The molecular weight excluding hydrogens is 548 g/mol. The van der Waals surface area contributed by atoms with Gasteiger partial charge in [0, 0.05) is 41.6 Å². The van der Waals surface area contributed by atoms with Crippen LogP contribution in [0.2, 0.25) is 0 Å². The Morgan fingerprint density at radius 2 is 1.67 bits per heavy atom. The zero-order chi connectivity index (χ0) is 29.6. The molecule has 0 fully saturated rings. The lowest BCUT2D eigenvalue weighted by molar-refractivity contribution is 0.0523. The summed E-state index contributed by atoms with van der Waals surface area (Å²) >= 11 is 1.67. The predicted octanol–water partition coefficient (Wildman–Crippen LogP) is 6.15. The molecule has 0 aliphatic carbocycles. The summed E-state index contributed by atoms with van der Waals surface area (Å²) in [4.78, 5) is 29.5. The number of benzene rings is 3. The molecule has 3 aromatic carbocycles. The second kappa shape index (κ2) is 13.3. The molecule has 1 aromatic heterocycles. The fourth-order valence-corrected chi connectivity index (χ4v) is 7.09. The number of thioether (sulfide) groups is 1. The number of methoxy groups -OCH3 is 2. The second-order valence-corrected chi connectivity index (χ2v) is 11.5. The van der Waals surface area contributed by atoms with E-state index in [2.05, 4.69) is 36.2 Å². The van der Waals surface area contributed by atoms with Crippen LogP contribution in [0.1, 0.15) is 50.7 Å². The number of carbonyl (C=O) groups excluding carboxylic acids is 1. The van der Waals surface area contributed by atoms with Crippen LogP contribution in [0, 0.1) is 0 Å². The third-order valence-corrected chi connectivity index (χ3v) is 9.05. The van der Waals surface area contributed by atoms with Crippen LogP contribution in [0.25, 0.3) is 0 Å². The molecule has 0 spiro atoms. The molecule has 0 N–H and O–H groups in total. The van der Waals surface area contributed by atoms with Gasteiger partial charge in [-0.15, -0.1) is 0 Å². The number of hydrogen-bond donors (Lipinski definition) is 0. The molecule has 7 nitrogen and oxygen atoms in total. The highest BCUT2D eigenvalue weighted by Crippen LogP contribution is 2.54. The average Bonchev–Trinajstić information content (AvgIpc) is 3.39. The second-order valence-electron chi connectivity index (χ2n) is 10.4. The molecule has 42 heavy (non-hydrogen) atoms. The van der Waals surface area contributed by atoms with Gasteiger partial charge >= 0.3 is 5.97 Å². The van der Waals surface area contributed by atoms with Gasteiger partial charge in [0.05, 0.1) is 32.4 Å². The summed E-state index contributed by atoms with van der Waals surface area (Å²) in [6.45, 7) is 3.74. The van der Waals surface area contributed by atoms with E-state index in [0.29, 0.717) is 18.7 Å². The van der Waals surface area contributed by atoms with E-state index in [1.54, 1.807) is 39.1 Å². The molecular formula is C34H36N2O5S. The number of aromatic nitrogens is 1. The number of nitrogens with zero attached hydrogens (tertiary/aromatic N) is 2. The van der Waals surface area contributed by atoms with Crippen LogP contribution in [0.15, 0.2) is 94.9 Å². The number of hydrogen-bond acceptors (Lipinski definition) is 7. The van der Waals surface area contributed by atoms with E-state index in [1.807, 2.05) is 59.2 Å². The Kier molecular flexibility index (Phi) is 9.35. The Labute approximate surface area is 251 Å².